The molecule has 0 saturated carbocycles. The van der Waals surface area contributed by atoms with E-state index < -0.39 is 0 Å². The van der Waals surface area contributed by atoms with Crippen molar-refractivity contribution >= 4 is 0 Å². The Kier molecular flexibility index (Phi) is 4.20. The Labute approximate surface area is 79.6 Å². The zero-order valence-corrected chi connectivity index (χ0v) is 8.21. The van der Waals surface area contributed by atoms with Crippen LogP contribution < -0.4 is 0 Å². The molecule has 0 spiro atoms. The van der Waals surface area contributed by atoms with Gasteiger partial charge in [-0.05, 0) is 26.2 Å². The summed E-state index contributed by atoms with van der Waals surface area (Å²) in [4.78, 5) is 0. The second-order valence-corrected chi connectivity index (χ2v) is 3.45. The minimum Gasteiger partial charge on any atom is -0.382 e. The zero-order valence-electron chi connectivity index (χ0n) is 8.21. The van der Waals surface area contributed by atoms with Gasteiger partial charge in [0.05, 0.1) is 11.5 Å². The first-order chi connectivity index (χ1) is 6.33. The van der Waals surface area contributed by atoms with Gasteiger partial charge in [-0.1, -0.05) is 0 Å². The van der Waals surface area contributed by atoms with Gasteiger partial charge in [-0.25, -0.2) is 0 Å². The maximum absolute atomic E-state index is 9.08. The fraction of sp³-hybridized carbons (Fsp3) is 0.900. The molecule has 1 rings (SSSR count). The van der Waals surface area contributed by atoms with Crippen molar-refractivity contribution in [2.24, 2.45) is 5.41 Å². The van der Waals surface area contributed by atoms with Crippen LogP contribution in [0.15, 0.2) is 0 Å². The van der Waals surface area contributed by atoms with Gasteiger partial charge in [0, 0.05) is 26.4 Å². The lowest BCUT2D eigenvalue weighted by Crippen LogP contribution is -2.29. The Hall–Kier alpha value is -0.590. The minimum absolute atomic E-state index is 0.173. The molecule has 3 nitrogen and oxygen atoms in total. The van der Waals surface area contributed by atoms with E-state index in [9.17, 15) is 0 Å². The molecule has 0 aromatic heterocycles. The molecule has 0 aromatic rings. The Bertz CT molecular complexity index is 180. The lowest BCUT2D eigenvalue weighted by Gasteiger charge is -2.30. The van der Waals surface area contributed by atoms with Gasteiger partial charge in [-0.15, -0.1) is 0 Å². The highest BCUT2D eigenvalue weighted by molar-refractivity contribution is 4.99. The third kappa shape index (κ3) is 2.98. The first-order valence-corrected chi connectivity index (χ1v) is 4.90. The van der Waals surface area contributed by atoms with Gasteiger partial charge in [0.2, 0.25) is 0 Å². The summed E-state index contributed by atoms with van der Waals surface area (Å²) in [5.41, 5.74) is -0.173. The Morgan fingerprint density at radius 3 is 2.69 bits per heavy atom. The van der Waals surface area contributed by atoms with Crippen molar-refractivity contribution < 1.29 is 9.47 Å². The molecule has 1 aliphatic rings. The molecule has 0 N–H and O–H groups in total. The standard InChI is InChI=1S/C10H17NO2/c1-2-12-6-3-10(9-11)4-7-13-8-5-10/h2-8H2,1H3. The molecule has 0 unspecified atom stereocenters. The van der Waals surface area contributed by atoms with E-state index >= 15 is 0 Å². The predicted octanol–water partition coefficient (Wildman–Crippen LogP) is 1.73. The minimum atomic E-state index is -0.173. The zero-order chi connectivity index (χ0) is 9.57. The number of hydrogen-bond donors (Lipinski definition) is 0. The third-order valence-electron chi connectivity index (χ3n) is 2.62. The molecule has 0 bridgehead atoms. The fourth-order valence-electron chi connectivity index (χ4n) is 1.59. The second-order valence-electron chi connectivity index (χ2n) is 3.45. The van der Waals surface area contributed by atoms with Gasteiger partial charge in [0.1, 0.15) is 0 Å². The van der Waals surface area contributed by atoms with Crippen LogP contribution in [0.1, 0.15) is 26.2 Å². The molecule has 0 aromatic carbocycles. The summed E-state index contributed by atoms with van der Waals surface area (Å²) in [6, 6.07) is 2.42. The molecular weight excluding hydrogens is 166 g/mol. The summed E-state index contributed by atoms with van der Waals surface area (Å²) in [7, 11) is 0. The molecule has 0 aliphatic carbocycles. The molecule has 0 atom stereocenters. The molecule has 1 fully saturated rings. The number of nitriles is 1. The van der Waals surface area contributed by atoms with E-state index in [4.69, 9.17) is 14.7 Å². The molecule has 1 aliphatic heterocycles. The van der Waals surface area contributed by atoms with Crippen molar-refractivity contribution in [3.05, 3.63) is 0 Å². The number of ether oxygens (including phenoxy) is 2. The maximum atomic E-state index is 9.08. The first-order valence-electron chi connectivity index (χ1n) is 4.90. The summed E-state index contributed by atoms with van der Waals surface area (Å²) in [6.45, 7) is 4.85. The van der Waals surface area contributed by atoms with Gasteiger partial charge in [-0.2, -0.15) is 5.26 Å². The van der Waals surface area contributed by atoms with Crippen LogP contribution in [0.2, 0.25) is 0 Å². The van der Waals surface area contributed by atoms with Crippen LogP contribution in [-0.2, 0) is 9.47 Å². The van der Waals surface area contributed by atoms with Crippen molar-refractivity contribution in [3.8, 4) is 6.07 Å². The van der Waals surface area contributed by atoms with Crippen molar-refractivity contribution in [2.45, 2.75) is 26.2 Å². The monoisotopic (exact) mass is 183 g/mol. The molecule has 13 heavy (non-hydrogen) atoms. The summed E-state index contributed by atoms with van der Waals surface area (Å²) >= 11 is 0. The van der Waals surface area contributed by atoms with Gasteiger partial charge >= 0.3 is 0 Å². The van der Waals surface area contributed by atoms with Crippen LogP contribution in [0, 0.1) is 16.7 Å². The van der Waals surface area contributed by atoms with Crippen LogP contribution in [0.4, 0.5) is 0 Å². The van der Waals surface area contributed by atoms with E-state index in [-0.39, 0.29) is 5.41 Å². The van der Waals surface area contributed by atoms with Crippen molar-refractivity contribution in [1.82, 2.24) is 0 Å². The quantitative estimate of drug-likeness (QED) is 0.623. The van der Waals surface area contributed by atoms with E-state index in [1.807, 2.05) is 6.92 Å². The normalized spacial score (nSPS) is 20.9. The molecule has 0 amide bonds. The van der Waals surface area contributed by atoms with Crippen LogP contribution in [-0.4, -0.2) is 26.4 Å². The number of hydrogen-bond acceptors (Lipinski definition) is 3. The summed E-state index contributed by atoms with van der Waals surface area (Å²) < 4.78 is 10.5. The van der Waals surface area contributed by atoms with Gasteiger partial charge < -0.3 is 9.47 Å². The fourth-order valence-corrected chi connectivity index (χ4v) is 1.59. The lowest BCUT2D eigenvalue weighted by molar-refractivity contribution is 0.0213. The van der Waals surface area contributed by atoms with E-state index in [1.165, 1.54) is 0 Å². The smallest absolute Gasteiger partial charge is 0.0692 e. The molecule has 0 radical (unpaired) electrons. The van der Waals surface area contributed by atoms with E-state index in [0.29, 0.717) is 6.61 Å². The average molecular weight is 183 g/mol. The van der Waals surface area contributed by atoms with Crippen LogP contribution in [0.3, 0.4) is 0 Å². The van der Waals surface area contributed by atoms with Crippen molar-refractivity contribution in [1.29, 1.82) is 5.26 Å². The maximum Gasteiger partial charge on any atom is 0.0692 e. The highest BCUT2D eigenvalue weighted by Crippen LogP contribution is 2.33. The largest absolute Gasteiger partial charge is 0.382 e. The van der Waals surface area contributed by atoms with Crippen molar-refractivity contribution in [3.63, 3.8) is 0 Å². The Morgan fingerprint density at radius 2 is 2.15 bits per heavy atom. The molecule has 74 valence electrons. The lowest BCUT2D eigenvalue weighted by atomic mass is 9.79. The molecule has 1 heterocycles. The molecular formula is C10H17NO2. The highest BCUT2D eigenvalue weighted by Gasteiger charge is 2.32. The SMILES string of the molecule is CCOCCC1(C#N)CCOCC1. The third-order valence-corrected chi connectivity index (χ3v) is 2.62. The van der Waals surface area contributed by atoms with Crippen molar-refractivity contribution in [2.75, 3.05) is 26.4 Å². The van der Waals surface area contributed by atoms with Crippen LogP contribution in [0.5, 0.6) is 0 Å². The van der Waals surface area contributed by atoms with E-state index in [2.05, 4.69) is 6.07 Å². The summed E-state index contributed by atoms with van der Waals surface area (Å²) in [5.74, 6) is 0. The predicted molar refractivity (Wildman–Crippen MR) is 49.2 cm³/mol. The highest BCUT2D eigenvalue weighted by atomic mass is 16.5. The average Bonchev–Trinajstić information content (AvgIpc) is 2.20. The van der Waals surface area contributed by atoms with E-state index in [0.717, 1.165) is 39.1 Å². The number of nitrogens with zero attached hydrogens (tertiary/aromatic N) is 1. The van der Waals surface area contributed by atoms with E-state index in [1.54, 1.807) is 0 Å². The summed E-state index contributed by atoms with van der Waals surface area (Å²) in [5, 5.41) is 9.08. The second kappa shape index (κ2) is 5.21. The topological polar surface area (TPSA) is 42.2 Å². The van der Waals surface area contributed by atoms with Crippen LogP contribution >= 0.6 is 0 Å². The Balaban J connectivity index is 2.35. The van der Waals surface area contributed by atoms with Gasteiger partial charge in [0.25, 0.3) is 0 Å². The number of rotatable bonds is 4. The van der Waals surface area contributed by atoms with Crippen LogP contribution in [0.25, 0.3) is 0 Å². The van der Waals surface area contributed by atoms with Gasteiger partial charge in [0.15, 0.2) is 0 Å². The molecule has 1 saturated heterocycles. The Morgan fingerprint density at radius 1 is 1.46 bits per heavy atom. The van der Waals surface area contributed by atoms with Gasteiger partial charge in [-0.3, -0.25) is 0 Å². The molecule has 3 heteroatoms. The first kappa shape index (κ1) is 10.5. The summed E-state index contributed by atoms with van der Waals surface area (Å²) in [6.07, 6.45) is 2.56.